The molecule has 0 unspecified atom stereocenters. The van der Waals surface area contributed by atoms with Gasteiger partial charge in [0.05, 0.1) is 5.56 Å². The van der Waals surface area contributed by atoms with Crippen molar-refractivity contribution in [2.45, 2.75) is 6.10 Å². The molecule has 152 valence electrons. The number of hydrogen-bond acceptors (Lipinski definition) is 5. The first kappa shape index (κ1) is 22.5. The van der Waals surface area contributed by atoms with Gasteiger partial charge in [-0.3, -0.25) is 5.41 Å². The number of carbonyl (C=O) groups is 1. The van der Waals surface area contributed by atoms with Crippen LogP contribution in [0.5, 0.6) is 11.5 Å². The van der Waals surface area contributed by atoms with E-state index in [1.807, 2.05) is 18.2 Å². The minimum absolute atomic E-state index is 0. The molecular weight excluding hydrogens is 413 g/mol. The van der Waals surface area contributed by atoms with E-state index in [1.165, 1.54) is 0 Å². The second kappa shape index (κ2) is 9.60. The fourth-order valence-electron chi connectivity index (χ4n) is 2.83. The van der Waals surface area contributed by atoms with Gasteiger partial charge in [0.2, 0.25) is 0 Å². The standard InChI is InChI=1S/C21H19N3O3.2ClH/c22-20(23)16-2-1-15-10-18(8-5-14(15)9-16)27-21(25)13-3-6-17(7-4-13)26-19-11-24-12-19;;/h1-10,19,24H,11-12H2,(H3,22,23);2*1H. The first-order valence-electron chi connectivity index (χ1n) is 8.66. The summed E-state index contributed by atoms with van der Waals surface area (Å²) in [6, 6.07) is 17.8. The van der Waals surface area contributed by atoms with Gasteiger partial charge in [-0.15, -0.1) is 24.8 Å². The van der Waals surface area contributed by atoms with Crippen molar-refractivity contribution in [2.75, 3.05) is 13.1 Å². The van der Waals surface area contributed by atoms with Gasteiger partial charge in [0, 0.05) is 18.7 Å². The maximum Gasteiger partial charge on any atom is 0.343 e. The third-order valence-electron chi connectivity index (χ3n) is 4.47. The molecule has 0 spiro atoms. The molecule has 0 bridgehead atoms. The zero-order chi connectivity index (χ0) is 18.8. The fraction of sp³-hybridized carbons (Fsp3) is 0.143. The maximum absolute atomic E-state index is 12.4. The topological polar surface area (TPSA) is 97.4 Å². The molecule has 0 aromatic heterocycles. The SMILES string of the molecule is Cl.Cl.N=C(N)c1ccc2cc(OC(=O)c3ccc(OC4CNC4)cc3)ccc2c1. The average molecular weight is 434 g/mol. The van der Waals surface area contributed by atoms with Gasteiger partial charge in [0.25, 0.3) is 0 Å². The summed E-state index contributed by atoms with van der Waals surface area (Å²) in [7, 11) is 0. The molecule has 3 aromatic rings. The molecule has 0 amide bonds. The quantitative estimate of drug-likeness (QED) is 0.247. The first-order chi connectivity index (χ1) is 13.1. The Morgan fingerprint density at radius 1 is 0.897 bits per heavy atom. The predicted molar refractivity (Wildman–Crippen MR) is 118 cm³/mol. The molecule has 29 heavy (non-hydrogen) atoms. The van der Waals surface area contributed by atoms with Crippen LogP contribution in [-0.4, -0.2) is 31.0 Å². The highest BCUT2D eigenvalue weighted by Gasteiger charge is 2.18. The van der Waals surface area contributed by atoms with Crippen molar-refractivity contribution >= 4 is 47.4 Å². The van der Waals surface area contributed by atoms with Gasteiger partial charge in [-0.2, -0.15) is 0 Å². The molecule has 6 nitrogen and oxygen atoms in total. The van der Waals surface area contributed by atoms with Crippen molar-refractivity contribution in [3.05, 3.63) is 71.8 Å². The van der Waals surface area contributed by atoms with Crippen LogP contribution in [0.2, 0.25) is 0 Å². The van der Waals surface area contributed by atoms with E-state index in [0.29, 0.717) is 16.9 Å². The van der Waals surface area contributed by atoms with Gasteiger partial charge in [0.15, 0.2) is 0 Å². The summed E-state index contributed by atoms with van der Waals surface area (Å²) in [5, 5.41) is 12.5. The Balaban J connectivity index is 0.00000150. The van der Waals surface area contributed by atoms with Crippen LogP contribution in [0.15, 0.2) is 60.7 Å². The monoisotopic (exact) mass is 433 g/mol. The maximum atomic E-state index is 12.4. The van der Waals surface area contributed by atoms with Crippen LogP contribution in [0.3, 0.4) is 0 Å². The summed E-state index contributed by atoms with van der Waals surface area (Å²) in [4.78, 5) is 12.4. The summed E-state index contributed by atoms with van der Waals surface area (Å²) in [6.45, 7) is 1.69. The Kier molecular flexibility index (Phi) is 7.45. The Labute approximate surface area is 180 Å². The van der Waals surface area contributed by atoms with E-state index in [9.17, 15) is 4.79 Å². The third kappa shape index (κ3) is 5.17. The van der Waals surface area contributed by atoms with Gasteiger partial charge >= 0.3 is 5.97 Å². The zero-order valence-corrected chi connectivity index (χ0v) is 17.0. The Hall–Kier alpha value is -2.80. The van der Waals surface area contributed by atoms with E-state index in [4.69, 9.17) is 20.6 Å². The number of nitrogens with two attached hydrogens (primary N) is 1. The molecule has 0 atom stereocenters. The molecule has 0 radical (unpaired) electrons. The van der Waals surface area contributed by atoms with Crippen LogP contribution in [0.4, 0.5) is 0 Å². The number of halogens is 2. The lowest BCUT2D eigenvalue weighted by Crippen LogP contribution is -2.50. The van der Waals surface area contributed by atoms with Gasteiger partial charge in [-0.1, -0.05) is 18.2 Å². The highest BCUT2D eigenvalue weighted by molar-refractivity contribution is 5.99. The van der Waals surface area contributed by atoms with Crippen molar-refractivity contribution in [3.8, 4) is 11.5 Å². The number of ether oxygens (including phenoxy) is 2. The Morgan fingerprint density at radius 3 is 2.10 bits per heavy atom. The second-order valence-electron chi connectivity index (χ2n) is 6.45. The molecular formula is C21H21Cl2N3O3. The number of nitrogens with one attached hydrogen (secondary N) is 2. The van der Waals surface area contributed by atoms with E-state index in [1.54, 1.807) is 42.5 Å². The van der Waals surface area contributed by atoms with Crippen molar-refractivity contribution in [1.29, 1.82) is 5.41 Å². The highest BCUT2D eigenvalue weighted by atomic mass is 35.5. The van der Waals surface area contributed by atoms with Crippen molar-refractivity contribution in [1.82, 2.24) is 5.32 Å². The molecule has 8 heteroatoms. The highest BCUT2D eigenvalue weighted by Crippen LogP contribution is 2.23. The number of carbonyl (C=O) groups excluding carboxylic acids is 1. The summed E-state index contributed by atoms with van der Waals surface area (Å²) in [6.07, 6.45) is 0.198. The molecule has 1 aliphatic rings. The zero-order valence-electron chi connectivity index (χ0n) is 15.4. The molecule has 1 fully saturated rings. The van der Waals surface area contributed by atoms with Crippen molar-refractivity contribution in [3.63, 3.8) is 0 Å². The van der Waals surface area contributed by atoms with E-state index >= 15 is 0 Å². The van der Waals surface area contributed by atoms with Crippen molar-refractivity contribution < 1.29 is 14.3 Å². The number of benzene rings is 3. The van der Waals surface area contributed by atoms with Crippen LogP contribution < -0.4 is 20.5 Å². The summed E-state index contributed by atoms with van der Waals surface area (Å²) >= 11 is 0. The summed E-state index contributed by atoms with van der Waals surface area (Å²) in [5.41, 5.74) is 6.63. The first-order valence-corrected chi connectivity index (χ1v) is 8.66. The number of nitrogen functional groups attached to an aromatic ring is 1. The summed E-state index contributed by atoms with van der Waals surface area (Å²) < 4.78 is 11.2. The average Bonchev–Trinajstić information content (AvgIpc) is 2.64. The number of fused-ring (bicyclic) bond motifs is 1. The normalized spacial score (nSPS) is 12.8. The van der Waals surface area contributed by atoms with E-state index in [0.717, 1.165) is 29.6 Å². The predicted octanol–water partition coefficient (Wildman–Crippen LogP) is 3.54. The van der Waals surface area contributed by atoms with Crippen LogP contribution in [0.1, 0.15) is 15.9 Å². The van der Waals surface area contributed by atoms with Gasteiger partial charge in [-0.25, -0.2) is 4.79 Å². The fourth-order valence-corrected chi connectivity index (χ4v) is 2.83. The van der Waals surface area contributed by atoms with E-state index in [-0.39, 0.29) is 36.8 Å². The smallest absolute Gasteiger partial charge is 0.343 e. The van der Waals surface area contributed by atoms with Gasteiger partial charge in [-0.05, 0) is 53.2 Å². The molecule has 0 saturated carbocycles. The van der Waals surface area contributed by atoms with E-state index in [2.05, 4.69) is 5.32 Å². The van der Waals surface area contributed by atoms with E-state index < -0.39 is 5.97 Å². The Morgan fingerprint density at radius 2 is 1.48 bits per heavy atom. The van der Waals surface area contributed by atoms with Crippen LogP contribution in [0, 0.1) is 5.41 Å². The van der Waals surface area contributed by atoms with Gasteiger partial charge in [0.1, 0.15) is 23.4 Å². The third-order valence-corrected chi connectivity index (χ3v) is 4.47. The summed E-state index contributed by atoms with van der Waals surface area (Å²) in [5.74, 6) is 0.800. The van der Waals surface area contributed by atoms with Crippen LogP contribution in [0.25, 0.3) is 10.8 Å². The second-order valence-corrected chi connectivity index (χ2v) is 6.45. The van der Waals surface area contributed by atoms with Crippen LogP contribution >= 0.6 is 24.8 Å². The lowest BCUT2D eigenvalue weighted by molar-refractivity contribution is 0.0735. The lowest BCUT2D eigenvalue weighted by atomic mass is 10.1. The Bertz CT molecular complexity index is 1020. The van der Waals surface area contributed by atoms with Gasteiger partial charge < -0.3 is 20.5 Å². The molecule has 1 aliphatic heterocycles. The van der Waals surface area contributed by atoms with Crippen molar-refractivity contribution in [2.24, 2.45) is 5.73 Å². The number of esters is 1. The molecule has 1 saturated heterocycles. The molecule has 1 heterocycles. The minimum Gasteiger partial charge on any atom is -0.488 e. The number of hydrogen-bond donors (Lipinski definition) is 3. The molecule has 0 aliphatic carbocycles. The minimum atomic E-state index is -0.424. The molecule has 4 rings (SSSR count). The lowest BCUT2D eigenvalue weighted by Gasteiger charge is -2.27. The number of amidine groups is 1. The molecule has 3 aromatic carbocycles. The van der Waals surface area contributed by atoms with Crippen LogP contribution in [-0.2, 0) is 0 Å². The molecule has 4 N–H and O–H groups in total. The number of rotatable bonds is 5. The largest absolute Gasteiger partial charge is 0.488 e.